The SMILES string of the molecule is Cc1cccc(Cl)c1-c1ncc2c(N)nc3ccc(NCCc4ccccn4)cc3n12. The summed E-state index contributed by atoms with van der Waals surface area (Å²) in [6.07, 6.45) is 4.40. The second-order valence-corrected chi connectivity index (χ2v) is 7.84. The van der Waals surface area contributed by atoms with E-state index in [-0.39, 0.29) is 0 Å². The third-order valence-corrected chi connectivity index (χ3v) is 5.68. The molecule has 31 heavy (non-hydrogen) atoms. The van der Waals surface area contributed by atoms with Gasteiger partial charge < -0.3 is 11.1 Å². The Balaban J connectivity index is 1.59. The molecule has 3 aromatic heterocycles. The van der Waals surface area contributed by atoms with Gasteiger partial charge in [-0.25, -0.2) is 9.97 Å². The Kier molecular flexibility index (Phi) is 4.92. The number of pyridine rings is 1. The second-order valence-electron chi connectivity index (χ2n) is 7.43. The van der Waals surface area contributed by atoms with Crippen molar-refractivity contribution in [3.05, 3.63) is 83.3 Å². The Morgan fingerprint density at radius 2 is 1.94 bits per heavy atom. The molecule has 0 fully saturated rings. The molecule has 0 aliphatic carbocycles. The Morgan fingerprint density at radius 3 is 2.74 bits per heavy atom. The predicted molar refractivity (Wildman–Crippen MR) is 127 cm³/mol. The molecule has 0 atom stereocenters. The molecule has 5 aromatic rings. The average Bonchev–Trinajstić information content (AvgIpc) is 3.21. The van der Waals surface area contributed by atoms with E-state index in [1.807, 2.05) is 66.1 Å². The number of nitrogens with one attached hydrogen (secondary N) is 1. The molecule has 5 rings (SSSR count). The molecule has 7 heteroatoms. The van der Waals surface area contributed by atoms with Crippen LogP contribution in [0.25, 0.3) is 27.9 Å². The van der Waals surface area contributed by atoms with Crippen LogP contribution in [0.3, 0.4) is 0 Å². The summed E-state index contributed by atoms with van der Waals surface area (Å²) in [6, 6.07) is 17.9. The summed E-state index contributed by atoms with van der Waals surface area (Å²) in [6.45, 7) is 2.80. The Morgan fingerprint density at radius 1 is 1.03 bits per heavy atom. The first-order chi connectivity index (χ1) is 15.1. The summed E-state index contributed by atoms with van der Waals surface area (Å²) in [7, 11) is 0. The van der Waals surface area contributed by atoms with Gasteiger partial charge >= 0.3 is 0 Å². The zero-order valence-corrected chi connectivity index (χ0v) is 17.8. The number of anilines is 2. The van der Waals surface area contributed by atoms with Crippen LogP contribution in [0.1, 0.15) is 11.3 Å². The molecule has 3 heterocycles. The topological polar surface area (TPSA) is 81.1 Å². The molecule has 0 spiro atoms. The third-order valence-electron chi connectivity index (χ3n) is 5.36. The standard InChI is InChI=1S/C24H21ClN6/c1-15-5-4-7-18(25)22(15)24-29-14-21-23(26)30-19-9-8-17(13-20(19)31(21)24)28-12-10-16-6-2-3-11-27-16/h2-9,11,13-14,28H,10,12H2,1H3,(H2,26,30). The van der Waals surface area contributed by atoms with Crippen molar-refractivity contribution in [3.63, 3.8) is 0 Å². The van der Waals surface area contributed by atoms with Crippen molar-refractivity contribution in [2.45, 2.75) is 13.3 Å². The molecule has 0 aliphatic heterocycles. The van der Waals surface area contributed by atoms with Gasteiger partial charge in [-0.3, -0.25) is 9.38 Å². The van der Waals surface area contributed by atoms with Gasteiger partial charge in [-0.15, -0.1) is 0 Å². The molecular weight excluding hydrogens is 408 g/mol. The Bertz CT molecular complexity index is 1370. The summed E-state index contributed by atoms with van der Waals surface area (Å²) in [4.78, 5) is 13.6. The number of nitrogens with zero attached hydrogens (tertiary/aromatic N) is 4. The maximum absolute atomic E-state index is 6.55. The van der Waals surface area contributed by atoms with E-state index in [2.05, 4.69) is 26.3 Å². The van der Waals surface area contributed by atoms with E-state index in [1.165, 1.54) is 0 Å². The summed E-state index contributed by atoms with van der Waals surface area (Å²) in [5.41, 5.74) is 12.7. The second kappa shape index (κ2) is 7.89. The summed E-state index contributed by atoms with van der Waals surface area (Å²) in [5, 5.41) is 4.13. The van der Waals surface area contributed by atoms with Crippen molar-refractivity contribution in [1.82, 2.24) is 19.4 Å². The van der Waals surface area contributed by atoms with Crippen LogP contribution in [-0.2, 0) is 6.42 Å². The van der Waals surface area contributed by atoms with Crippen LogP contribution < -0.4 is 11.1 Å². The number of hydrogen-bond acceptors (Lipinski definition) is 5. The molecule has 0 radical (unpaired) electrons. The lowest BCUT2D eigenvalue weighted by atomic mass is 10.1. The van der Waals surface area contributed by atoms with E-state index in [0.717, 1.165) is 57.8 Å². The van der Waals surface area contributed by atoms with Crippen LogP contribution in [0, 0.1) is 6.92 Å². The van der Waals surface area contributed by atoms with E-state index in [9.17, 15) is 0 Å². The maximum atomic E-state index is 6.55. The van der Waals surface area contributed by atoms with Gasteiger partial charge in [-0.2, -0.15) is 0 Å². The first kappa shape index (κ1) is 19.3. The first-order valence-electron chi connectivity index (χ1n) is 10.1. The molecule has 0 saturated heterocycles. The monoisotopic (exact) mass is 428 g/mol. The number of halogens is 1. The molecule has 0 amide bonds. The minimum absolute atomic E-state index is 0.437. The van der Waals surface area contributed by atoms with Crippen molar-refractivity contribution in [2.75, 3.05) is 17.6 Å². The maximum Gasteiger partial charge on any atom is 0.150 e. The van der Waals surface area contributed by atoms with Gasteiger partial charge in [0.15, 0.2) is 0 Å². The lowest BCUT2D eigenvalue weighted by molar-refractivity contribution is 0.961. The average molecular weight is 429 g/mol. The van der Waals surface area contributed by atoms with Crippen LogP contribution in [0.15, 0.2) is 67.0 Å². The van der Waals surface area contributed by atoms with Crippen LogP contribution in [0.2, 0.25) is 5.02 Å². The number of benzene rings is 2. The van der Waals surface area contributed by atoms with Crippen LogP contribution in [0.4, 0.5) is 11.5 Å². The Hall–Kier alpha value is -3.64. The number of imidazole rings is 1. The van der Waals surface area contributed by atoms with Gasteiger partial charge in [-0.05, 0) is 48.9 Å². The molecule has 2 aromatic carbocycles. The van der Waals surface area contributed by atoms with Gasteiger partial charge in [-0.1, -0.05) is 29.8 Å². The van der Waals surface area contributed by atoms with E-state index in [0.29, 0.717) is 10.8 Å². The highest BCUT2D eigenvalue weighted by Crippen LogP contribution is 2.34. The van der Waals surface area contributed by atoms with E-state index in [1.54, 1.807) is 6.20 Å². The Labute approximate surface area is 184 Å². The minimum Gasteiger partial charge on any atom is -0.385 e. The quantitative estimate of drug-likeness (QED) is 0.405. The third kappa shape index (κ3) is 3.55. The fourth-order valence-electron chi connectivity index (χ4n) is 3.84. The number of nitrogens with two attached hydrogens (primary N) is 1. The lowest BCUT2D eigenvalue weighted by Gasteiger charge is -2.12. The number of rotatable bonds is 5. The zero-order chi connectivity index (χ0) is 21.4. The van der Waals surface area contributed by atoms with Crippen molar-refractivity contribution >= 4 is 39.7 Å². The largest absolute Gasteiger partial charge is 0.385 e. The van der Waals surface area contributed by atoms with Gasteiger partial charge in [0.05, 0.1) is 22.3 Å². The normalized spacial score (nSPS) is 11.3. The predicted octanol–water partition coefficient (Wildman–Crippen LogP) is 5.14. The molecule has 0 aliphatic rings. The van der Waals surface area contributed by atoms with Crippen LogP contribution >= 0.6 is 11.6 Å². The summed E-state index contributed by atoms with van der Waals surface area (Å²) in [5.74, 6) is 1.19. The van der Waals surface area contributed by atoms with Crippen molar-refractivity contribution in [3.8, 4) is 11.4 Å². The highest BCUT2D eigenvalue weighted by atomic mass is 35.5. The molecule has 0 unspecified atom stereocenters. The molecular formula is C24H21ClN6. The molecule has 0 saturated carbocycles. The zero-order valence-electron chi connectivity index (χ0n) is 17.0. The van der Waals surface area contributed by atoms with E-state index < -0.39 is 0 Å². The lowest BCUT2D eigenvalue weighted by Crippen LogP contribution is -2.06. The number of nitrogen functional groups attached to an aromatic ring is 1. The highest BCUT2D eigenvalue weighted by Gasteiger charge is 2.17. The van der Waals surface area contributed by atoms with Gasteiger partial charge in [0.1, 0.15) is 17.2 Å². The van der Waals surface area contributed by atoms with Crippen LogP contribution in [0.5, 0.6) is 0 Å². The highest BCUT2D eigenvalue weighted by molar-refractivity contribution is 6.33. The molecule has 0 bridgehead atoms. The smallest absolute Gasteiger partial charge is 0.150 e. The first-order valence-corrected chi connectivity index (χ1v) is 10.5. The number of aromatic nitrogens is 4. The van der Waals surface area contributed by atoms with E-state index >= 15 is 0 Å². The minimum atomic E-state index is 0.437. The number of aryl methyl sites for hydroxylation is 1. The van der Waals surface area contributed by atoms with Gasteiger partial charge in [0.25, 0.3) is 0 Å². The molecule has 3 N–H and O–H groups in total. The number of hydrogen-bond donors (Lipinski definition) is 2. The van der Waals surface area contributed by atoms with Gasteiger partial charge in [0, 0.05) is 36.1 Å². The summed E-state index contributed by atoms with van der Waals surface area (Å²) >= 11 is 6.55. The molecule has 154 valence electrons. The fourth-order valence-corrected chi connectivity index (χ4v) is 4.15. The van der Waals surface area contributed by atoms with Crippen molar-refractivity contribution in [1.29, 1.82) is 0 Å². The van der Waals surface area contributed by atoms with Crippen LogP contribution in [-0.4, -0.2) is 25.9 Å². The number of fused-ring (bicyclic) bond motifs is 3. The van der Waals surface area contributed by atoms with Crippen molar-refractivity contribution < 1.29 is 0 Å². The van der Waals surface area contributed by atoms with Gasteiger partial charge in [0.2, 0.25) is 0 Å². The fraction of sp³-hybridized carbons (Fsp3) is 0.125. The summed E-state index contributed by atoms with van der Waals surface area (Å²) < 4.78 is 2.04. The van der Waals surface area contributed by atoms with E-state index in [4.69, 9.17) is 17.3 Å². The molecule has 6 nitrogen and oxygen atoms in total. The van der Waals surface area contributed by atoms with Crippen molar-refractivity contribution in [2.24, 2.45) is 0 Å².